The first kappa shape index (κ1) is 36.4. The van der Waals surface area contributed by atoms with Crippen LogP contribution in [0.15, 0.2) is 60.8 Å². The first-order chi connectivity index (χ1) is 25.9. The Morgan fingerprint density at radius 1 is 0.778 bits per heavy atom. The molecule has 5 N–H and O–H groups in total. The molecule has 0 saturated carbocycles. The Morgan fingerprint density at radius 3 is 2.04 bits per heavy atom. The number of aromatic amines is 2. The van der Waals surface area contributed by atoms with Gasteiger partial charge >= 0.3 is 12.2 Å². The number of rotatable bonds is 10. The molecule has 4 amide bonds. The lowest BCUT2D eigenvalue weighted by Gasteiger charge is -2.42. The van der Waals surface area contributed by atoms with Gasteiger partial charge < -0.3 is 40.2 Å². The molecule has 3 aromatic carbocycles. The maximum atomic E-state index is 13.6. The Morgan fingerprint density at radius 2 is 1.39 bits per heavy atom. The molecule has 4 atom stereocenters. The summed E-state index contributed by atoms with van der Waals surface area (Å²) in [4.78, 5) is 69.9. The van der Waals surface area contributed by atoms with Crippen LogP contribution >= 0.6 is 0 Å². The van der Waals surface area contributed by atoms with Gasteiger partial charge in [0.2, 0.25) is 11.8 Å². The van der Waals surface area contributed by atoms with Crippen LogP contribution in [0.2, 0.25) is 0 Å². The van der Waals surface area contributed by atoms with Crippen LogP contribution in [0.3, 0.4) is 0 Å². The lowest BCUT2D eigenvalue weighted by Crippen LogP contribution is -2.56. The van der Waals surface area contributed by atoms with Crippen molar-refractivity contribution in [1.82, 2.24) is 40.4 Å². The van der Waals surface area contributed by atoms with Gasteiger partial charge in [0.1, 0.15) is 23.7 Å². The molecule has 2 aliphatic heterocycles. The summed E-state index contributed by atoms with van der Waals surface area (Å²) in [7, 11) is 1.29. The molecule has 7 rings (SSSR count). The number of nitrogens with zero attached hydrogens (tertiary/aromatic N) is 4. The minimum atomic E-state index is -1.22. The number of ether oxygens (including phenoxy) is 1. The van der Waals surface area contributed by atoms with E-state index in [0.29, 0.717) is 18.9 Å². The van der Waals surface area contributed by atoms with Crippen molar-refractivity contribution in [2.45, 2.75) is 71.1 Å². The SMILES string of the molecule is COC(=O)NC(C(=O)N1CCCC1c1ncc(-c2ccc3cc(-c4ccc5nc(C6CCN6C(=O)C(NC(=O)O)C(C)C)[nH]c5c4)ccc3c2)[nH]1)C(C)C. The molecule has 5 aromatic rings. The molecular formula is C40H46N8O6. The summed E-state index contributed by atoms with van der Waals surface area (Å²) in [5.41, 5.74) is 5.55. The predicted octanol–water partition coefficient (Wildman–Crippen LogP) is 6.38. The fraction of sp³-hybridized carbons (Fsp3) is 0.400. The third-order valence-electron chi connectivity index (χ3n) is 10.7. The molecule has 2 fully saturated rings. The van der Waals surface area contributed by atoms with Crippen LogP contribution in [0.5, 0.6) is 0 Å². The number of benzene rings is 3. The van der Waals surface area contributed by atoms with Gasteiger partial charge in [0, 0.05) is 18.7 Å². The van der Waals surface area contributed by atoms with Crippen LogP contribution in [0.4, 0.5) is 9.59 Å². The molecule has 282 valence electrons. The topological polar surface area (TPSA) is 186 Å². The minimum Gasteiger partial charge on any atom is -0.465 e. The number of hydrogen-bond acceptors (Lipinski definition) is 7. The number of aromatic nitrogens is 4. The summed E-state index contributed by atoms with van der Waals surface area (Å²) in [6, 6.07) is 16.7. The first-order valence-corrected chi connectivity index (χ1v) is 18.5. The van der Waals surface area contributed by atoms with E-state index in [9.17, 15) is 24.3 Å². The standard InChI is InChI=1S/C40H46N8O6/c1-21(2)33(45-39(51)52)37(49)48-16-14-32(48)36-42-28-13-12-26(19-29(28)43-36)24-8-9-25-18-27(11-10-23(25)17-24)30-20-41-35(44-30)31-7-6-15-47(31)38(50)34(22(3)4)46-40(53)54-5/h8-13,17-22,31-34,45H,6-7,14-16H2,1-5H3,(H,41,44)(H,42,43)(H,46,53)(H,51,52). The maximum absolute atomic E-state index is 13.6. The normalized spacial score (nSPS) is 18.2. The number of likely N-dealkylation sites (tertiary alicyclic amines) is 2. The van der Waals surface area contributed by atoms with E-state index >= 15 is 0 Å². The van der Waals surface area contributed by atoms with Crippen LogP contribution in [0.25, 0.3) is 44.2 Å². The van der Waals surface area contributed by atoms with Crippen molar-refractivity contribution in [2.24, 2.45) is 11.8 Å². The van der Waals surface area contributed by atoms with Crippen molar-refractivity contribution < 1.29 is 29.0 Å². The van der Waals surface area contributed by atoms with Crippen molar-refractivity contribution in [3.63, 3.8) is 0 Å². The zero-order valence-corrected chi connectivity index (χ0v) is 31.1. The van der Waals surface area contributed by atoms with Gasteiger partial charge in [-0.1, -0.05) is 58.0 Å². The number of amides is 4. The summed E-state index contributed by atoms with van der Waals surface area (Å²) in [5, 5.41) is 16.5. The summed E-state index contributed by atoms with van der Waals surface area (Å²) in [6.07, 6.45) is 2.33. The van der Waals surface area contributed by atoms with Crippen molar-refractivity contribution in [3.05, 3.63) is 72.4 Å². The number of carbonyl (C=O) groups excluding carboxylic acids is 3. The van der Waals surface area contributed by atoms with Crippen LogP contribution in [-0.2, 0) is 14.3 Å². The lowest BCUT2D eigenvalue weighted by atomic mass is 9.96. The number of alkyl carbamates (subject to hydrolysis) is 1. The van der Waals surface area contributed by atoms with Gasteiger partial charge in [-0.25, -0.2) is 19.6 Å². The summed E-state index contributed by atoms with van der Waals surface area (Å²) >= 11 is 0. The third-order valence-corrected chi connectivity index (χ3v) is 10.7. The van der Waals surface area contributed by atoms with Gasteiger partial charge in [0.25, 0.3) is 0 Å². The monoisotopic (exact) mass is 734 g/mol. The van der Waals surface area contributed by atoms with Gasteiger partial charge in [0.05, 0.1) is 42.1 Å². The van der Waals surface area contributed by atoms with Crippen molar-refractivity contribution in [3.8, 4) is 22.4 Å². The molecule has 0 aliphatic carbocycles. The second kappa shape index (κ2) is 14.8. The van der Waals surface area contributed by atoms with Crippen molar-refractivity contribution >= 4 is 45.8 Å². The van der Waals surface area contributed by atoms with E-state index in [-0.39, 0.29) is 35.7 Å². The highest BCUT2D eigenvalue weighted by Crippen LogP contribution is 2.36. The number of imidazole rings is 2. The minimum absolute atomic E-state index is 0.110. The summed E-state index contributed by atoms with van der Waals surface area (Å²) < 4.78 is 4.76. The van der Waals surface area contributed by atoms with Crippen LogP contribution in [0.1, 0.15) is 70.7 Å². The Labute approximate surface area is 312 Å². The number of methoxy groups -OCH3 is 1. The van der Waals surface area contributed by atoms with E-state index in [2.05, 4.69) is 63.1 Å². The molecule has 2 saturated heterocycles. The maximum Gasteiger partial charge on any atom is 0.407 e. The molecule has 14 nitrogen and oxygen atoms in total. The largest absolute Gasteiger partial charge is 0.465 e. The highest BCUT2D eigenvalue weighted by molar-refractivity contribution is 5.92. The molecule has 2 aliphatic rings. The summed E-state index contributed by atoms with van der Waals surface area (Å²) in [6.45, 7) is 8.58. The predicted molar refractivity (Wildman–Crippen MR) is 203 cm³/mol. The Bertz CT molecular complexity index is 2230. The van der Waals surface area contributed by atoms with E-state index in [0.717, 1.165) is 69.3 Å². The van der Waals surface area contributed by atoms with E-state index in [4.69, 9.17) is 14.7 Å². The quantitative estimate of drug-likeness (QED) is 0.109. The van der Waals surface area contributed by atoms with Gasteiger partial charge in [0.15, 0.2) is 0 Å². The fourth-order valence-corrected chi connectivity index (χ4v) is 7.57. The second-order valence-corrected chi connectivity index (χ2v) is 14.9. The van der Waals surface area contributed by atoms with Crippen molar-refractivity contribution in [1.29, 1.82) is 0 Å². The fourth-order valence-electron chi connectivity index (χ4n) is 7.57. The zero-order valence-electron chi connectivity index (χ0n) is 31.1. The van der Waals surface area contributed by atoms with Gasteiger partial charge in [-0.3, -0.25) is 9.59 Å². The molecule has 0 bridgehead atoms. The average molecular weight is 735 g/mol. The Kier molecular flexibility index (Phi) is 10.0. The lowest BCUT2D eigenvalue weighted by molar-refractivity contribution is -0.142. The molecule has 14 heteroatoms. The Hall–Kier alpha value is -5.92. The highest BCUT2D eigenvalue weighted by atomic mass is 16.5. The van der Waals surface area contributed by atoms with Gasteiger partial charge in [-0.05, 0) is 77.3 Å². The molecule has 4 heterocycles. The third kappa shape index (κ3) is 7.07. The molecular weight excluding hydrogens is 688 g/mol. The van der Waals surface area contributed by atoms with E-state index < -0.39 is 24.3 Å². The molecule has 4 unspecified atom stereocenters. The van der Waals surface area contributed by atoms with Crippen LogP contribution in [0, 0.1) is 11.8 Å². The second-order valence-electron chi connectivity index (χ2n) is 14.9. The number of carboxylic acid groups (broad SMARTS) is 1. The number of H-pyrrole nitrogens is 2. The number of fused-ring (bicyclic) bond motifs is 2. The van der Waals surface area contributed by atoms with E-state index in [1.807, 2.05) is 39.8 Å². The molecule has 0 radical (unpaired) electrons. The van der Waals surface area contributed by atoms with Crippen LogP contribution in [-0.4, -0.2) is 91.1 Å². The van der Waals surface area contributed by atoms with E-state index in [1.54, 1.807) is 16.0 Å². The molecule has 0 spiro atoms. The highest BCUT2D eigenvalue weighted by Gasteiger charge is 2.40. The first-order valence-electron chi connectivity index (χ1n) is 18.5. The number of hydrogen-bond donors (Lipinski definition) is 5. The van der Waals surface area contributed by atoms with Gasteiger partial charge in [-0.2, -0.15) is 0 Å². The average Bonchev–Trinajstić information content (AvgIpc) is 3.91. The summed E-state index contributed by atoms with van der Waals surface area (Å²) in [5.74, 6) is 0.728. The van der Waals surface area contributed by atoms with Crippen LogP contribution < -0.4 is 10.6 Å². The zero-order chi connectivity index (χ0) is 38.3. The number of carbonyl (C=O) groups is 4. The van der Waals surface area contributed by atoms with Crippen molar-refractivity contribution in [2.75, 3.05) is 20.2 Å². The molecule has 2 aromatic heterocycles. The van der Waals surface area contributed by atoms with E-state index in [1.165, 1.54) is 7.11 Å². The molecule has 54 heavy (non-hydrogen) atoms. The van der Waals surface area contributed by atoms with Gasteiger partial charge in [-0.15, -0.1) is 0 Å². The Balaban J connectivity index is 1.07. The number of nitrogens with one attached hydrogen (secondary N) is 4. The smallest absolute Gasteiger partial charge is 0.407 e.